The van der Waals surface area contributed by atoms with Crippen LogP contribution in [0, 0.1) is 0 Å². The summed E-state index contributed by atoms with van der Waals surface area (Å²) in [6, 6.07) is 1.56. The SMILES string of the molecule is CCCCCCCCNc1cc(=O)[nH]c(C2CC2)n1. The molecule has 2 rings (SSSR count). The second-order valence-corrected chi connectivity index (χ2v) is 5.48. The first-order valence-electron chi connectivity index (χ1n) is 7.64. The van der Waals surface area contributed by atoms with Crippen molar-refractivity contribution in [3.05, 3.63) is 22.2 Å². The lowest BCUT2D eigenvalue weighted by Gasteiger charge is -2.06. The summed E-state index contributed by atoms with van der Waals surface area (Å²) in [5, 5.41) is 3.27. The first-order valence-corrected chi connectivity index (χ1v) is 7.64. The molecule has 19 heavy (non-hydrogen) atoms. The molecular formula is C15H25N3O. The number of anilines is 1. The normalized spacial score (nSPS) is 14.6. The van der Waals surface area contributed by atoms with Crippen LogP contribution in [0.5, 0.6) is 0 Å². The van der Waals surface area contributed by atoms with E-state index in [1.54, 1.807) is 6.07 Å². The van der Waals surface area contributed by atoms with E-state index in [1.165, 1.54) is 32.1 Å². The van der Waals surface area contributed by atoms with Crippen molar-refractivity contribution in [1.29, 1.82) is 0 Å². The van der Waals surface area contributed by atoms with E-state index in [0.29, 0.717) is 5.92 Å². The molecule has 0 saturated heterocycles. The highest BCUT2D eigenvalue weighted by molar-refractivity contribution is 5.33. The number of aromatic amines is 1. The van der Waals surface area contributed by atoms with E-state index in [9.17, 15) is 4.79 Å². The van der Waals surface area contributed by atoms with Gasteiger partial charge in [0.2, 0.25) is 0 Å². The molecule has 0 unspecified atom stereocenters. The molecule has 1 heterocycles. The molecule has 106 valence electrons. The lowest BCUT2D eigenvalue weighted by molar-refractivity contribution is 0.616. The first-order chi connectivity index (χ1) is 9.29. The van der Waals surface area contributed by atoms with Crippen molar-refractivity contribution < 1.29 is 0 Å². The maximum atomic E-state index is 11.5. The number of nitrogens with zero attached hydrogens (tertiary/aromatic N) is 1. The second-order valence-electron chi connectivity index (χ2n) is 5.48. The molecule has 2 N–H and O–H groups in total. The molecule has 1 fully saturated rings. The Morgan fingerprint density at radius 3 is 2.74 bits per heavy atom. The largest absolute Gasteiger partial charge is 0.370 e. The zero-order valence-electron chi connectivity index (χ0n) is 11.9. The minimum absolute atomic E-state index is 0.0395. The van der Waals surface area contributed by atoms with Gasteiger partial charge in [-0.05, 0) is 19.3 Å². The van der Waals surface area contributed by atoms with E-state index in [1.807, 2.05) is 0 Å². The maximum absolute atomic E-state index is 11.5. The minimum atomic E-state index is -0.0395. The van der Waals surface area contributed by atoms with Gasteiger partial charge in [-0.25, -0.2) is 4.98 Å². The van der Waals surface area contributed by atoms with Gasteiger partial charge in [-0.2, -0.15) is 0 Å². The van der Waals surface area contributed by atoms with Gasteiger partial charge in [-0.1, -0.05) is 39.0 Å². The van der Waals surface area contributed by atoms with Crippen molar-refractivity contribution >= 4 is 5.82 Å². The molecular weight excluding hydrogens is 238 g/mol. The molecule has 1 saturated carbocycles. The highest BCUT2D eigenvalue weighted by Crippen LogP contribution is 2.37. The summed E-state index contributed by atoms with van der Waals surface area (Å²) < 4.78 is 0. The van der Waals surface area contributed by atoms with Crippen LogP contribution in [0.15, 0.2) is 10.9 Å². The molecule has 0 amide bonds. The van der Waals surface area contributed by atoms with Gasteiger partial charge in [0.1, 0.15) is 11.6 Å². The van der Waals surface area contributed by atoms with Gasteiger partial charge in [0.05, 0.1) is 0 Å². The number of unbranched alkanes of at least 4 members (excludes halogenated alkanes) is 5. The van der Waals surface area contributed by atoms with E-state index < -0.39 is 0 Å². The number of H-pyrrole nitrogens is 1. The van der Waals surface area contributed by atoms with Gasteiger partial charge < -0.3 is 10.3 Å². The van der Waals surface area contributed by atoms with Crippen LogP contribution < -0.4 is 10.9 Å². The average Bonchev–Trinajstić information content (AvgIpc) is 3.21. The maximum Gasteiger partial charge on any atom is 0.252 e. The van der Waals surface area contributed by atoms with Gasteiger partial charge in [0.15, 0.2) is 0 Å². The molecule has 4 nitrogen and oxygen atoms in total. The van der Waals surface area contributed by atoms with E-state index in [2.05, 4.69) is 22.2 Å². The Balaban J connectivity index is 1.69. The summed E-state index contributed by atoms with van der Waals surface area (Å²) >= 11 is 0. The predicted molar refractivity (Wildman–Crippen MR) is 78.7 cm³/mol. The third kappa shape index (κ3) is 5.05. The van der Waals surface area contributed by atoms with Crippen LogP contribution >= 0.6 is 0 Å². The third-order valence-electron chi connectivity index (χ3n) is 3.56. The Morgan fingerprint density at radius 1 is 1.26 bits per heavy atom. The smallest absolute Gasteiger partial charge is 0.252 e. The van der Waals surface area contributed by atoms with Crippen LogP contribution in [0.2, 0.25) is 0 Å². The van der Waals surface area contributed by atoms with E-state index in [0.717, 1.165) is 37.4 Å². The summed E-state index contributed by atoms with van der Waals surface area (Å²) in [7, 11) is 0. The number of hydrogen-bond donors (Lipinski definition) is 2. The zero-order chi connectivity index (χ0) is 13.5. The number of nitrogens with one attached hydrogen (secondary N) is 2. The molecule has 1 aliphatic carbocycles. The molecule has 0 radical (unpaired) electrons. The van der Waals surface area contributed by atoms with E-state index in [-0.39, 0.29) is 5.56 Å². The number of aromatic nitrogens is 2. The second kappa shape index (κ2) is 7.31. The average molecular weight is 263 g/mol. The van der Waals surface area contributed by atoms with Crippen LogP contribution in [-0.2, 0) is 0 Å². The van der Waals surface area contributed by atoms with E-state index >= 15 is 0 Å². The summed E-state index contributed by atoms with van der Waals surface area (Å²) in [6.07, 6.45) is 10.0. The van der Waals surface area contributed by atoms with Gasteiger partial charge in [0, 0.05) is 18.5 Å². The number of hydrogen-bond acceptors (Lipinski definition) is 3. The topological polar surface area (TPSA) is 57.8 Å². The summed E-state index contributed by atoms with van der Waals surface area (Å²) in [4.78, 5) is 18.8. The van der Waals surface area contributed by atoms with Crippen molar-refractivity contribution in [3.63, 3.8) is 0 Å². The van der Waals surface area contributed by atoms with Crippen molar-refractivity contribution in [3.8, 4) is 0 Å². The Bertz CT molecular complexity index is 437. The first kappa shape index (κ1) is 14.1. The fourth-order valence-electron chi connectivity index (χ4n) is 2.24. The number of rotatable bonds is 9. The Morgan fingerprint density at radius 2 is 2.00 bits per heavy atom. The van der Waals surface area contributed by atoms with Gasteiger partial charge in [0.25, 0.3) is 5.56 Å². The Labute approximate surface area is 115 Å². The summed E-state index contributed by atoms with van der Waals surface area (Å²) in [5.74, 6) is 2.08. The quantitative estimate of drug-likeness (QED) is 0.671. The molecule has 1 aliphatic rings. The fourth-order valence-corrected chi connectivity index (χ4v) is 2.24. The third-order valence-corrected chi connectivity index (χ3v) is 3.56. The van der Waals surface area contributed by atoms with Crippen molar-refractivity contribution in [2.75, 3.05) is 11.9 Å². The zero-order valence-corrected chi connectivity index (χ0v) is 11.9. The van der Waals surface area contributed by atoms with Crippen LogP contribution in [-0.4, -0.2) is 16.5 Å². The van der Waals surface area contributed by atoms with E-state index in [4.69, 9.17) is 0 Å². The van der Waals surface area contributed by atoms with Crippen molar-refractivity contribution in [1.82, 2.24) is 9.97 Å². The molecule has 0 aliphatic heterocycles. The molecule has 1 aromatic heterocycles. The molecule has 4 heteroatoms. The van der Waals surface area contributed by atoms with Crippen LogP contribution in [0.4, 0.5) is 5.82 Å². The molecule has 1 aromatic rings. The van der Waals surface area contributed by atoms with Crippen LogP contribution in [0.3, 0.4) is 0 Å². The Kier molecular flexibility index (Phi) is 5.43. The summed E-state index contributed by atoms with van der Waals surface area (Å²) in [6.45, 7) is 3.14. The van der Waals surface area contributed by atoms with Gasteiger partial charge in [-0.15, -0.1) is 0 Å². The lowest BCUT2D eigenvalue weighted by atomic mass is 10.1. The van der Waals surface area contributed by atoms with Crippen molar-refractivity contribution in [2.24, 2.45) is 0 Å². The highest BCUT2D eigenvalue weighted by atomic mass is 16.1. The van der Waals surface area contributed by atoms with Gasteiger partial charge in [-0.3, -0.25) is 4.79 Å². The molecule has 0 atom stereocenters. The standard InChI is InChI=1S/C15H25N3O/c1-2-3-4-5-6-7-10-16-13-11-14(19)18-15(17-13)12-8-9-12/h11-12H,2-10H2,1H3,(H2,16,17,18,19). The predicted octanol–water partition coefficient (Wildman–Crippen LogP) is 3.42. The van der Waals surface area contributed by atoms with Crippen LogP contribution in [0.25, 0.3) is 0 Å². The van der Waals surface area contributed by atoms with Crippen LogP contribution in [0.1, 0.15) is 70.0 Å². The minimum Gasteiger partial charge on any atom is -0.370 e. The highest BCUT2D eigenvalue weighted by Gasteiger charge is 2.26. The van der Waals surface area contributed by atoms with Gasteiger partial charge >= 0.3 is 0 Å². The molecule has 0 bridgehead atoms. The molecule has 0 aromatic carbocycles. The molecule has 0 spiro atoms. The monoisotopic (exact) mass is 263 g/mol. The van der Waals surface area contributed by atoms with Crippen molar-refractivity contribution in [2.45, 2.75) is 64.2 Å². The summed E-state index contributed by atoms with van der Waals surface area (Å²) in [5.41, 5.74) is -0.0395. The fraction of sp³-hybridized carbons (Fsp3) is 0.733. The Hall–Kier alpha value is -1.32. The lowest BCUT2D eigenvalue weighted by Crippen LogP contribution is -2.13.